The number of H-pyrrole nitrogens is 1. The second kappa shape index (κ2) is 6.17. The number of alkyl halides is 3. The van der Waals surface area contributed by atoms with Gasteiger partial charge < -0.3 is 0 Å². The molecular formula is C14H15F3N4O. The highest BCUT2D eigenvalue weighted by molar-refractivity contribution is 5.89. The maximum Gasteiger partial charge on any atom is 0.451 e. The quantitative estimate of drug-likeness (QED) is 0.911. The second-order valence-corrected chi connectivity index (χ2v) is 4.98. The summed E-state index contributed by atoms with van der Waals surface area (Å²) in [5.41, 5.74) is 3.22. The number of amides is 1. The minimum Gasteiger partial charge on any atom is -0.293 e. The molecule has 5 nitrogen and oxygen atoms in total. The van der Waals surface area contributed by atoms with Crippen molar-refractivity contribution in [3.8, 4) is 0 Å². The Bertz CT molecular complexity index is 679. The van der Waals surface area contributed by atoms with E-state index in [9.17, 15) is 18.0 Å². The number of nitrogens with one attached hydrogen (secondary N) is 2. The highest BCUT2D eigenvalue weighted by Gasteiger charge is 2.35. The van der Waals surface area contributed by atoms with Crippen LogP contribution in [-0.2, 0) is 17.4 Å². The van der Waals surface area contributed by atoms with Crippen molar-refractivity contribution in [1.82, 2.24) is 15.2 Å². The monoisotopic (exact) mass is 312 g/mol. The number of aromatic amines is 1. The van der Waals surface area contributed by atoms with Crippen LogP contribution in [0.3, 0.4) is 0 Å². The molecule has 0 aliphatic heterocycles. The number of rotatable bonds is 4. The van der Waals surface area contributed by atoms with Gasteiger partial charge in [0.25, 0.3) is 0 Å². The lowest BCUT2D eigenvalue weighted by molar-refractivity contribution is -0.144. The predicted octanol–water partition coefficient (Wildman–Crippen LogP) is 3.01. The SMILES string of the molecule is Cc1ccc(CCC(=O)Nc2n[nH]c(C(F)(F)F)n2)c(C)c1. The fraction of sp³-hybridized carbons (Fsp3) is 0.357. The van der Waals surface area contributed by atoms with Crippen LogP contribution in [0, 0.1) is 13.8 Å². The Morgan fingerprint density at radius 1 is 1.32 bits per heavy atom. The summed E-state index contributed by atoms with van der Waals surface area (Å²) in [5.74, 6) is -2.05. The maximum atomic E-state index is 12.3. The van der Waals surface area contributed by atoms with Gasteiger partial charge in [-0.2, -0.15) is 18.2 Å². The fourth-order valence-electron chi connectivity index (χ4n) is 2.01. The van der Waals surface area contributed by atoms with E-state index in [0.717, 1.165) is 16.7 Å². The summed E-state index contributed by atoms with van der Waals surface area (Å²) in [6.45, 7) is 3.93. The molecule has 118 valence electrons. The van der Waals surface area contributed by atoms with Gasteiger partial charge in [0, 0.05) is 6.42 Å². The first-order chi connectivity index (χ1) is 10.3. The Balaban J connectivity index is 1.92. The van der Waals surface area contributed by atoms with Crippen molar-refractivity contribution in [2.75, 3.05) is 5.32 Å². The van der Waals surface area contributed by atoms with Gasteiger partial charge in [0.2, 0.25) is 17.7 Å². The van der Waals surface area contributed by atoms with E-state index in [-0.39, 0.29) is 12.4 Å². The largest absolute Gasteiger partial charge is 0.451 e. The van der Waals surface area contributed by atoms with Crippen LogP contribution in [0.5, 0.6) is 0 Å². The van der Waals surface area contributed by atoms with E-state index in [4.69, 9.17) is 0 Å². The third kappa shape index (κ3) is 4.06. The summed E-state index contributed by atoms with van der Waals surface area (Å²) >= 11 is 0. The van der Waals surface area contributed by atoms with E-state index in [1.807, 2.05) is 32.0 Å². The van der Waals surface area contributed by atoms with Gasteiger partial charge in [0.15, 0.2) is 0 Å². The number of benzene rings is 1. The van der Waals surface area contributed by atoms with Crippen molar-refractivity contribution in [3.63, 3.8) is 0 Å². The molecule has 1 amide bonds. The van der Waals surface area contributed by atoms with Crippen molar-refractivity contribution < 1.29 is 18.0 Å². The van der Waals surface area contributed by atoms with Crippen molar-refractivity contribution in [2.45, 2.75) is 32.9 Å². The van der Waals surface area contributed by atoms with Crippen LogP contribution in [0.15, 0.2) is 18.2 Å². The third-order valence-corrected chi connectivity index (χ3v) is 3.12. The molecule has 2 rings (SSSR count). The first-order valence-electron chi connectivity index (χ1n) is 6.61. The fourth-order valence-corrected chi connectivity index (χ4v) is 2.01. The molecule has 8 heteroatoms. The van der Waals surface area contributed by atoms with Crippen LogP contribution >= 0.6 is 0 Å². The van der Waals surface area contributed by atoms with Gasteiger partial charge >= 0.3 is 6.18 Å². The predicted molar refractivity (Wildman–Crippen MR) is 74.3 cm³/mol. The Morgan fingerprint density at radius 2 is 2.05 bits per heavy atom. The minimum absolute atomic E-state index is 0.139. The molecule has 0 aliphatic carbocycles. The average molecular weight is 312 g/mol. The first kappa shape index (κ1) is 16.0. The summed E-state index contributed by atoms with van der Waals surface area (Å²) < 4.78 is 37.0. The third-order valence-electron chi connectivity index (χ3n) is 3.12. The molecule has 2 aromatic rings. The number of aryl methyl sites for hydroxylation is 3. The zero-order valence-electron chi connectivity index (χ0n) is 12.1. The molecule has 0 radical (unpaired) electrons. The maximum absolute atomic E-state index is 12.3. The van der Waals surface area contributed by atoms with Crippen LogP contribution in [0.25, 0.3) is 0 Å². The Hall–Kier alpha value is -2.38. The second-order valence-electron chi connectivity index (χ2n) is 4.98. The smallest absolute Gasteiger partial charge is 0.293 e. The molecular weight excluding hydrogens is 297 g/mol. The summed E-state index contributed by atoms with van der Waals surface area (Å²) in [7, 11) is 0. The molecule has 1 aromatic carbocycles. The number of anilines is 1. The van der Waals surface area contributed by atoms with Gasteiger partial charge in [-0.25, -0.2) is 0 Å². The molecule has 0 atom stereocenters. The normalized spacial score (nSPS) is 11.5. The Morgan fingerprint density at radius 3 is 2.64 bits per heavy atom. The molecule has 1 aromatic heterocycles. The first-order valence-corrected chi connectivity index (χ1v) is 6.61. The standard InChI is InChI=1S/C14H15F3N4O/c1-8-3-4-10(9(2)7-8)5-6-11(22)18-13-19-12(20-21-13)14(15,16)17/h3-4,7H,5-6H2,1-2H3,(H2,18,19,20,21,22). The van der Waals surface area contributed by atoms with Crippen molar-refractivity contribution in [3.05, 3.63) is 40.7 Å². The molecule has 1 heterocycles. The van der Waals surface area contributed by atoms with Gasteiger partial charge in [-0.1, -0.05) is 23.8 Å². The Kier molecular flexibility index (Phi) is 4.48. The summed E-state index contributed by atoms with van der Waals surface area (Å²) in [4.78, 5) is 14.9. The van der Waals surface area contributed by atoms with Crippen LogP contribution in [0.2, 0.25) is 0 Å². The van der Waals surface area contributed by atoms with E-state index in [1.54, 1.807) is 5.10 Å². The van der Waals surface area contributed by atoms with E-state index in [0.29, 0.717) is 6.42 Å². The van der Waals surface area contributed by atoms with E-state index in [2.05, 4.69) is 15.4 Å². The molecule has 0 fully saturated rings. The van der Waals surface area contributed by atoms with Crippen molar-refractivity contribution in [2.24, 2.45) is 0 Å². The number of hydrogen-bond donors (Lipinski definition) is 2. The molecule has 0 spiro atoms. The lowest BCUT2D eigenvalue weighted by atomic mass is 10.0. The van der Waals surface area contributed by atoms with Crippen molar-refractivity contribution in [1.29, 1.82) is 0 Å². The zero-order chi connectivity index (χ0) is 16.3. The number of aromatic nitrogens is 3. The number of halogens is 3. The van der Waals surface area contributed by atoms with Gasteiger partial charge in [0.1, 0.15) is 0 Å². The Labute approximate surface area is 125 Å². The van der Waals surface area contributed by atoms with Gasteiger partial charge in [0.05, 0.1) is 0 Å². The van der Waals surface area contributed by atoms with E-state index in [1.165, 1.54) is 0 Å². The van der Waals surface area contributed by atoms with Crippen LogP contribution < -0.4 is 5.32 Å². The summed E-state index contributed by atoms with van der Waals surface area (Å²) in [6.07, 6.45) is -3.98. The summed E-state index contributed by atoms with van der Waals surface area (Å²) in [6, 6.07) is 5.90. The van der Waals surface area contributed by atoms with Crippen LogP contribution in [0.1, 0.15) is 28.9 Å². The van der Waals surface area contributed by atoms with Crippen molar-refractivity contribution >= 4 is 11.9 Å². The average Bonchev–Trinajstić information content (AvgIpc) is 2.86. The highest BCUT2D eigenvalue weighted by Crippen LogP contribution is 2.26. The number of nitrogens with zero attached hydrogens (tertiary/aromatic N) is 2. The number of carbonyl (C=O) groups is 1. The van der Waals surface area contributed by atoms with Crippen LogP contribution in [-0.4, -0.2) is 21.1 Å². The number of hydrogen-bond acceptors (Lipinski definition) is 3. The molecule has 0 saturated carbocycles. The number of carbonyl (C=O) groups excluding carboxylic acids is 1. The molecule has 0 bridgehead atoms. The topological polar surface area (TPSA) is 70.7 Å². The lowest BCUT2D eigenvalue weighted by Gasteiger charge is -2.06. The minimum atomic E-state index is -4.62. The van der Waals surface area contributed by atoms with E-state index < -0.39 is 17.9 Å². The van der Waals surface area contributed by atoms with Crippen LogP contribution in [0.4, 0.5) is 19.1 Å². The molecule has 0 aliphatic rings. The van der Waals surface area contributed by atoms with Gasteiger partial charge in [-0.15, -0.1) is 5.10 Å². The molecule has 2 N–H and O–H groups in total. The van der Waals surface area contributed by atoms with Gasteiger partial charge in [-0.3, -0.25) is 15.2 Å². The zero-order valence-corrected chi connectivity index (χ0v) is 12.1. The van der Waals surface area contributed by atoms with E-state index >= 15 is 0 Å². The molecule has 22 heavy (non-hydrogen) atoms. The lowest BCUT2D eigenvalue weighted by Crippen LogP contribution is -2.14. The highest BCUT2D eigenvalue weighted by atomic mass is 19.4. The summed E-state index contributed by atoms with van der Waals surface area (Å²) in [5, 5.41) is 7.30. The van der Waals surface area contributed by atoms with Gasteiger partial charge in [-0.05, 0) is 31.4 Å². The molecule has 0 unspecified atom stereocenters. The molecule has 0 saturated heterocycles.